The third-order valence-electron chi connectivity index (χ3n) is 4.02. The Labute approximate surface area is 144 Å². The van der Waals surface area contributed by atoms with Crippen LogP contribution in [0, 0.1) is 0 Å². The second kappa shape index (κ2) is 9.78. The number of hydrogen-bond donors (Lipinski definition) is 1. The zero-order valence-corrected chi connectivity index (χ0v) is 14.4. The number of allylic oxidation sites excluding steroid dienone is 1. The van der Waals surface area contributed by atoms with E-state index >= 15 is 0 Å². The van der Waals surface area contributed by atoms with Crippen molar-refractivity contribution in [1.29, 1.82) is 0 Å². The SMILES string of the molecule is COc1ccc(/C=C/CC[C@H](O)CCc2ccc(OC)cc2)cc1. The summed E-state index contributed by atoms with van der Waals surface area (Å²) in [4.78, 5) is 0. The third-order valence-corrected chi connectivity index (χ3v) is 4.02. The van der Waals surface area contributed by atoms with Gasteiger partial charge in [-0.1, -0.05) is 36.4 Å². The van der Waals surface area contributed by atoms with Gasteiger partial charge in [-0.05, 0) is 61.1 Å². The summed E-state index contributed by atoms with van der Waals surface area (Å²) >= 11 is 0. The highest BCUT2D eigenvalue weighted by Crippen LogP contribution is 2.15. The van der Waals surface area contributed by atoms with Gasteiger partial charge in [0.05, 0.1) is 20.3 Å². The van der Waals surface area contributed by atoms with Crippen molar-refractivity contribution in [1.82, 2.24) is 0 Å². The van der Waals surface area contributed by atoms with E-state index in [0.717, 1.165) is 42.7 Å². The van der Waals surface area contributed by atoms with E-state index in [1.807, 2.05) is 36.4 Å². The molecule has 0 aliphatic heterocycles. The topological polar surface area (TPSA) is 38.7 Å². The second-order valence-electron chi connectivity index (χ2n) is 5.79. The molecule has 0 bridgehead atoms. The number of ether oxygens (including phenoxy) is 2. The highest BCUT2D eigenvalue weighted by molar-refractivity contribution is 5.50. The zero-order valence-electron chi connectivity index (χ0n) is 14.4. The van der Waals surface area contributed by atoms with Crippen LogP contribution in [-0.4, -0.2) is 25.4 Å². The molecule has 0 spiro atoms. The molecule has 2 aromatic rings. The fraction of sp³-hybridized carbons (Fsp3) is 0.333. The summed E-state index contributed by atoms with van der Waals surface area (Å²) in [6.07, 6.45) is 7.23. The van der Waals surface area contributed by atoms with Gasteiger partial charge in [-0.2, -0.15) is 0 Å². The average Bonchev–Trinajstić information content (AvgIpc) is 2.64. The standard InChI is InChI=1S/C21H26O3/c1-23-20-13-8-17(9-14-20)5-3-4-6-19(22)12-7-18-10-15-21(24-2)16-11-18/h3,5,8-11,13-16,19,22H,4,6-7,12H2,1-2H3/b5-3+/t19-/m0/s1. The Morgan fingerprint density at radius 2 is 1.46 bits per heavy atom. The maximum absolute atomic E-state index is 10.1. The van der Waals surface area contributed by atoms with Gasteiger partial charge in [0.15, 0.2) is 0 Å². The maximum atomic E-state index is 10.1. The van der Waals surface area contributed by atoms with Gasteiger partial charge in [0.1, 0.15) is 11.5 Å². The predicted molar refractivity (Wildman–Crippen MR) is 98.6 cm³/mol. The molecule has 0 aromatic heterocycles. The highest BCUT2D eigenvalue weighted by Gasteiger charge is 2.04. The summed E-state index contributed by atoms with van der Waals surface area (Å²) in [5, 5.41) is 10.1. The molecule has 0 heterocycles. The lowest BCUT2D eigenvalue weighted by atomic mass is 10.0. The van der Waals surface area contributed by atoms with Crippen LogP contribution in [0.4, 0.5) is 0 Å². The normalized spacial score (nSPS) is 12.3. The fourth-order valence-corrected chi connectivity index (χ4v) is 2.49. The summed E-state index contributed by atoms with van der Waals surface area (Å²) in [5.74, 6) is 1.73. The van der Waals surface area contributed by atoms with E-state index in [1.54, 1.807) is 14.2 Å². The second-order valence-corrected chi connectivity index (χ2v) is 5.79. The van der Waals surface area contributed by atoms with Gasteiger partial charge in [-0.25, -0.2) is 0 Å². The van der Waals surface area contributed by atoms with Crippen molar-refractivity contribution in [2.45, 2.75) is 31.8 Å². The van der Waals surface area contributed by atoms with E-state index in [0.29, 0.717) is 0 Å². The minimum absolute atomic E-state index is 0.271. The average molecular weight is 326 g/mol. The van der Waals surface area contributed by atoms with Crippen LogP contribution < -0.4 is 9.47 Å². The lowest BCUT2D eigenvalue weighted by molar-refractivity contribution is 0.156. The Bertz CT molecular complexity index is 615. The van der Waals surface area contributed by atoms with E-state index in [1.165, 1.54) is 5.56 Å². The molecule has 0 saturated heterocycles. The first-order valence-electron chi connectivity index (χ1n) is 8.33. The van der Waals surface area contributed by atoms with Gasteiger partial charge in [0.2, 0.25) is 0 Å². The van der Waals surface area contributed by atoms with Gasteiger partial charge in [0.25, 0.3) is 0 Å². The van der Waals surface area contributed by atoms with E-state index in [9.17, 15) is 5.11 Å². The minimum Gasteiger partial charge on any atom is -0.497 e. The molecular formula is C21H26O3. The first-order valence-corrected chi connectivity index (χ1v) is 8.33. The lowest BCUT2D eigenvalue weighted by Crippen LogP contribution is -2.07. The molecule has 24 heavy (non-hydrogen) atoms. The van der Waals surface area contributed by atoms with Crippen molar-refractivity contribution < 1.29 is 14.6 Å². The quantitative estimate of drug-likeness (QED) is 0.738. The molecule has 128 valence electrons. The minimum atomic E-state index is -0.271. The summed E-state index contributed by atoms with van der Waals surface area (Å²) in [6, 6.07) is 16.0. The molecule has 1 N–H and O–H groups in total. The van der Waals surface area contributed by atoms with Crippen LogP contribution >= 0.6 is 0 Å². The number of methoxy groups -OCH3 is 2. The number of rotatable bonds is 9. The van der Waals surface area contributed by atoms with Crippen LogP contribution in [0.15, 0.2) is 54.6 Å². The Morgan fingerprint density at radius 3 is 2.04 bits per heavy atom. The van der Waals surface area contributed by atoms with Gasteiger partial charge in [-0.3, -0.25) is 0 Å². The fourth-order valence-electron chi connectivity index (χ4n) is 2.49. The van der Waals surface area contributed by atoms with Crippen molar-refractivity contribution in [3.63, 3.8) is 0 Å². The van der Waals surface area contributed by atoms with Crippen molar-refractivity contribution >= 4 is 6.08 Å². The number of aliphatic hydroxyl groups is 1. The molecule has 3 heteroatoms. The van der Waals surface area contributed by atoms with Crippen LogP contribution in [0.3, 0.4) is 0 Å². The number of hydrogen-bond acceptors (Lipinski definition) is 3. The Kier molecular flexibility index (Phi) is 7.37. The van der Waals surface area contributed by atoms with E-state index < -0.39 is 0 Å². The molecule has 0 aliphatic rings. The summed E-state index contributed by atoms with van der Waals surface area (Å²) in [6.45, 7) is 0. The van der Waals surface area contributed by atoms with Crippen molar-refractivity contribution in [3.05, 3.63) is 65.7 Å². The van der Waals surface area contributed by atoms with Crippen LogP contribution in [0.5, 0.6) is 11.5 Å². The van der Waals surface area contributed by atoms with Crippen molar-refractivity contribution in [2.24, 2.45) is 0 Å². The predicted octanol–water partition coefficient (Wildman–Crippen LogP) is 4.49. The smallest absolute Gasteiger partial charge is 0.118 e. The number of aryl methyl sites for hydroxylation is 1. The monoisotopic (exact) mass is 326 g/mol. The van der Waals surface area contributed by atoms with E-state index in [4.69, 9.17) is 9.47 Å². The van der Waals surface area contributed by atoms with E-state index in [2.05, 4.69) is 24.3 Å². The Balaban J connectivity index is 1.68. The molecule has 0 unspecified atom stereocenters. The van der Waals surface area contributed by atoms with Crippen LogP contribution in [0.2, 0.25) is 0 Å². The zero-order chi connectivity index (χ0) is 17.2. The molecular weight excluding hydrogens is 300 g/mol. The Hall–Kier alpha value is -2.26. The summed E-state index contributed by atoms with van der Waals surface area (Å²) < 4.78 is 10.3. The highest BCUT2D eigenvalue weighted by atomic mass is 16.5. The number of aliphatic hydroxyl groups excluding tert-OH is 1. The van der Waals surface area contributed by atoms with Gasteiger partial charge >= 0.3 is 0 Å². The molecule has 0 saturated carbocycles. The first kappa shape index (κ1) is 18.1. The molecule has 0 amide bonds. The van der Waals surface area contributed by atoms with Gasteiger partial charge < -0.3 is 14.6 Å². The molecule has 3 nitrogen and oxygen atoms in total. The summed E-state index contributed by atoms with van der Waals surface area (Å²) in [5.41, 5.74) is 2.37. The van der Waals surface area contributed by atoms with Crippen molar-refractivity contribution in [3.8, 4) is 11.5 Å². The van der Waals surface area contributed by atoms with Crippen molar-refractivity contribution in [2.75, 3.05) is 14.2 Å². The van der Waals surface area contributed by atoms with Crippen LogP contribution in [-0.2, 0) is 6.42 Å². The molecule has 2 aromatic carbocycles. The van der Waals surface area contributed by atoms with Gasteiger partial charge in [-0.15, -0.1) is 0 Å². The van der Waals surface area contributed by atoms with Crippen LogP contribution in [0.1, 0.15) is 30.4 Å². The van der Waals surface area contributed by atoms with Crippen LogP contribution in [0.25, 0.3) is 6.08 Å². The first-order chi connectivity index (χ1) is 11.7. The molecule has 0 fully saturated rings. The van der Waals surface area contributed by atoms with E-state index in [-0.39, 0.29) is 6.10 Å². The number of benzene rings is 2. The molecule has 0 radical (unpaired) electrons. The Morgan fingerprint density at radius 1 is 0.875 bits per heavy atom. The lowest BCUT2D eigenvalue weighted by Gasteiger charge is -2.09. The van der Waals surface area contributed by atoms with Gasteiger partial charge in [0, 0.05) is 0 Å². The third kappa shape index (κ3) is 6.09. The largest absolute Gasteiger partial charge is 0.497 e. The molecule has 1 atom stereocenters. The maximum Gasteiger partial charge on any atom is 0.118 e. The summed E-state index contributed by atoms with van der Waals surface area (Å²) in [7, 11) is 3.33. The molecule has 2 rings (SSSR count). The molecule has 0 aliphatic carbocycles.